The first kappa shape index (κ1) is 24.9. The topological polar surface area (TPSA) is 93.7 Å². The number of hydrogen-bond donors (Lipinski definition) is 2. The first-order valence-corrected chi connectivity index (χ1v) is 12.4. The van der Waals surface area contributed by atoms with Crippen molar-refractivity contribution in [2.75, 3.05) is 26.4 Å². The van der Waals surface area contributed by atoms with Crippen LogP contribution < -0.4 is 10.0 Å². The second-order valence-corrected chi connectivity index (χ2v) is 9.27. The molecule has 0 spiro atoms. The van der Waals surface area contributed by atoms with E-state index in [1.807, 2.05) is 55.5 Å². The van der Waals surface area contributed by atoms with Crippen LogP contribution in [0.25, 0.3) is 10.8 Å². The summed E-state index contributed by atoms with van der Waals surface area (Å²) in [7, 11) is -3.69. The van der Waals surface area contributed by atoms with E-state index in [-0.39, 0.29) is 23.8 Å². The molecule has 8 heteroatoms. The fourth-order valence-corrected chi connectivity index (χ4v) is 4.35. The van der Waals surface area contributed by atoms with Gasteiger partial charge in [-0.15, -0.1) is 0 Å². The van der Waals surface area contributed by atoms with Gasteiger partial charge in [0.25, 0.3) is 0 Å². The summed E-state index contributed by atoms with van der Waals surface area (Å²) >= 11 is 0. The van der Waals surface area contributed by atoms with E-state index in [1.165, 1.54) is 0 Å². The van der Waals surface area contributed by atoms with Crippen molar-refractivity contribution in [2.24, 2.45) is 0 Å². The smallest absolute Gasteiger partial charge is 0.240 e. The zero-order valence-corrected chi connectivity index (χ0v) is 19.6. The van der Waals surface area contributed by atoms with E-state index in [9.17, 15) is 13.2 Å². The minimum atomic E-state index is -3.69. The number of carbonyl (C=O) groups is 1. The minimum absolute atomic E-state index is 0.0225. The van der Waals surface area contributed by atoms with Gasteiger partial charge in [-0.3, -0.25) is 4.79 Å². The third kappa shape index (κ3) is 7.94. The van der Waals surface area contributed by atoms with Crippen LogP contribution in [0, 0.1) is 0 Å². The van der Waals surface area contributed by atoms with Gasteiger partial charge in [0.05, 0.1) is 24.7 Å². The molecule has 0 aliphatic rings. The van der Waals surface area contributed by atoms with Gasteiger partial charge in [-0.2, -0.15) is 0 Å². The Morgan fingerprint density at radius 2 is 1.64 bits per heavy atom. The van der Waals surface area contributed by atoms with Crippen LogP contribution in [0.1, 0.15) is 24.5 Å². The number of carbonyl (C=O) groups excluding carboxylic acids is 1. The molecule has 3 aromatic rings. The third-order valence-corrected chi connectivity index (χ3v) is 6.46. The maximum absolute atomic E-state index is 12.6. The summed E-state index contributed by atoms with van der Waals surface area (Å²) in [5, 5.41) is 4.64. The average Bonchev–Trinajstić information content (AvgIpc) is 2.82. The van der Waals surface area contributed by atoms with Crippen molar-refractivity contribution in [3.8, 4) is 0 Å². The molecule has 0 bridgehead atoms. The van der Waals surface area contributed by atoms with E-state index in [1.54, 1.807) is 18.2 Å². The maximum Gasteiger partial charge on any atom is 0.240 e. The van der Waals surface area contributed by atoms with Gasteiger partial charge in [0.2, 0.25) is 15.9 Å². The largest absolute Gasteiger partial charge is 0.379 e. The molecule has 0 aromatic heterocycles. The van der Waals surface area contributed by atoms with Crippen molar-refractivity contribution in [1.82, 2.24) is 10.0 Å². The van der Waals surface area contributed by atoms with Crippen LogP contribution in [-0.4, -0.2) is 40.7 Å². The number of ether oxygens (including phenoxy) is 2. The fraction of sp³-hybridized carbons (Fsp3) is 0.320. The van der Waals surface area contributed by atoms with E-state index in [0.717, 1.165) is 21.9 Å². The molecule has 0 unspecified atom stereocenters. The normalized spacial score (nSPS) is 11.5. The Balaban J connectivity index is 1.42. The Morgan fingerprint density at radius 3 is 2.45 bits per heavy atom. The van der Waals surface area contributed by atoms with Crippen molar-refractivity contribution >= 4 is 26.7 Å². The van der Waals surface area contributed by atoms with Gasteiger partial charge >= 0.3 is 0 Å². The molecular weight excluding hydrogens is 440 g/mol. The van der Waals surface area contributed by atoms with E-state index in [0.29, 0.717) is 33.0 Å². The van der Waals surface area contributed by atoms with E-state index in [2.05, 4.69) is 10.0 Å². The van der Waals surface area contributed by atoms with Crippen molar-refractivity contribution in [3.63, 3.8) is 0 Å². The monoisotopic (exact) mass is 470 g/mol. The molecule has 0 fully saturated rings. The third-order valence-electron chi connectivity index (χ3n) is 5.00. The molecule has 0 atom stereocenters. The quantitative estimate of drug-likeness (QED) is 0.374. The summed E-state index contributed by atoms with van der Waals surface area (Å²) in [5.74, 6) is -0.227. The number of nitrogens with one attached hydrogen (secondary N) is 2. The van der Waals surface area contributed by atoms with Gasteiger partial charge in [0.15, 0.2) is 0 Å². The number of sulfonamides is 1. The molecule has 7 nitrogen and oxygen atoms in total. The van der Waals surface area contributed by atoms with Gasteiger partial charge in [-0.25, -0.2) is 13.1 Å². The molecule has 1 amide bonds. The van der Waals surface area contributed by atoms with E-state index < -0.39 is 10.0 Å². The van der Waals surface area contributed by atoms with Crippen LogP contribution in [0.15, 0.2) is 71.6 Å². The number of fused-ring (bicyclic) bond motifs is 1. The Bertz CT molecular complexity index is 1160. The Morgan fingerprint density at radius 1 is 0.879 bits per heavy atom. The molecule has 3 aromatic carbocycles. The molecule has 0 aliphatic carbocycles. The molecule has 0 radical (unpaired) electrons. The van der Waals surface area contributed by atoms with E-state index in [4.69, 9.17) is 9.47 Å². The minimum Gasteiger partial charge on any atom is -0.379 e. The zero-order valence-electron chi connectivity index (χ0n) is 18.8. The molecule has 2 N–H and O–H groups in total. The predicted octanol–water partition coefficient (Wildman–Crippen LogP) is 3.38. The molecule has 0 saturated heterocycles. The average molecular weight is 471 g/mol. The maximum atomic E-state index is 12.6. The summed E-state index contributed by atoms with van der Waals surface area (Å²) < 4.78 is 38.4. The van der Waals surface area contributed by atoms with Crippen LogP contribution in [0.4, 0.5) is 0 Å². The van der Waals surface area contributed by atoms with Crippen LogP contribution in [0.2, 0.25) is 0 Å². The van der Waals surface area contributed by atoms with Crippen molar-refractivity contribution < 1.29 is 22.7 Å². The van der Waals surface area contributed by atoms with E-state index >= 15 is 0 Å². The summed E-state index contributed by atoms with van der Waals surface area (Å²) in [4.78, 5) is 12.4. The number of benzene rings is 3. The zero-order chi connectivity index (χ0) is 23.5. The Labute approximate surface area is 195 Å². The molecular formula is C25H30N2O5S. The summed E-state index contributed by atoms with van der Waals surface area (Å²) in [5.41, 5.74) is 1.97. The lowest BCUT2D eigenvalue weighted by molar-refractivity contribution is -0.121. The van der Waals surface area contributed by atoms with Crippen LogP contribution >= 0.6 is 0 Å². The summed E-state index contributed by atoms with van der Waals surface area (Å²) in [6, 6.07) is 20.3. The highest BCUT2D eigenvalue weighted by Crippen LogP contribution is 2.18. The first-order valence-electron chi connectivity index (χ1n) is 11.0. The predicted molar refractivity (Wildman–Crippen MR) is 128 cm³/mol. The van der Waals surface area contributed by atoms with Crippen LogP contribution in [-0.2, 0) is 37.4 Å². The molecule has 3 rings (SSSR count). The highest BCUT2D eigenvalue weighted by atomic mass is 32.2. The highest BCUT2D eigenvalue weighted by Gasteiger charge is 2.14. The summed E-state index contributed by atoms with van der Waals surface area (Å²) in [6.45, 7) is 4.57. The number of rotatable bonds is 13. The molecule has 0 heterocycles. The van der Waals surface area contributed by atoms with Gasteiger partial charge in [0, 0.05) is 26.1 Å². The van der Waals surface area contributed by atoms with Crippen LogP contribution in [0.5, 0.6) is 0 Å². The first-order chi connectivity index (χ1) is 16.0. The number of amides is 1. The molecule has 176 valence electrons. The SMILES string of the molecule is CCOCCOCc1cccc(CNC(=O)CCNS(=O)(=O)c2ccc3ccccc3c2)c1. The summed E-state index contributed by atoms with van der Waals surface area (Å²) in [6.07, 6.45) is 0.0487. The van der Waals surface area contributed by atoms with Gasteiger partial charge in [-0.05, 0) is 41.0 Å². The fourth-order valence-electron chi connectivity index (χ4n) is 3.29. The second-order valence-electron chi connectivity index (χ2n) is 7.50. The molecule has 0 saturated carbocycles. The van der Waals surface area contributed by atoms with Crippen molar-refractivity contribution in [3.05, 3.63) is 77.9 Å². The Hall–Kier alpha value is -2.78. The lowest BCUT2D eigenvalue weighted by atomic mass is 10.1. The highest BCUT2D eigenvalue weighted by molar-refractivity contribution is 7.89. The van der Waals surface area contributed by atoms with Crippen molar-refractivity contribution in [2.45, 2.75) is 31.4 Å². The molecule has 33 heavy (non-hydrogen) atoms. The van der Waals surface area contributed by atoms with Gasteiger partial charge in [0.1, 0.15) is 0 Å². The van der Waals surface area contributed by atoms with Crippen LogP contribution in [0.3, 0.4) is 0 Å². The van der Waals surface area contributed by atoms with Gasteiger partial charge in [-0.1, -0.05) is 54.6 Å². The Kier molecular flexibility index (Phi) is 9.38. The van der Waals surface area contributed by atoms with Gasteiger partial charge < -0.3 is 14.8 Å². The second kappa shape index (κ2) is 12.5. The lowest BCUT2D eigenvalue weighted by Crippen LogP contribution is -2.30. The molecule has 0 aliphatic heterocycles. The van der Waals surface area contributed by atoms with Crippen molar-refractivity contribution in [1.29, 1.82) is 0 Å². The standard InChI is InChI=1S/C25H30N2O5S/c1-2-31-14-15-32-19-21-7-5-6-20(16-21)18-26-25(28)12-13-27-33(29,30)24-11-10-22-8-3-4-9-23(22)17-24/h3-11,16-17,27H,2,12-15,18-19H2,1H3,(H,26,28). The number of hydrogen-bond acceptors (Lipinski definition) is 5. The lowest BCUT2D eigenvalue weighted by Gasteiger charge is -2.10.